The minimum absolute atomic E-state index is 0.121. The number of nitro benzene ring substituents is 1. The Balaban J connectivity index is 2.15. The predicted octanol–water partition coefficient (Wildman–Crippen LogP) is 4.91. The van der Waals surface area contributed by atoms with Crippen LogP contribution in [0.3, 0.4) is 0 Å². The van der Waals surface area contributed by atoms with E-state index in [1.807, 2.05) is 24.3 Å². The lowest BCUT2D eigenvalue weighted by molar-refractivity contribution is -0.384. The first kappa shape index (κ1) is 20.2. The van der Waals surface area contributed by atoms with Gasteiger partial charge in [-0.2, -0.15) is 18.3 Å². The van der Waals surface area contributed by atoms with Crippen LogP contribution in [-0.4, -0.2) is 24.2 Å². The first-order valence-electron chi connectivity index (χ1n) is 8.26. The van der Waals surface area contributed by atoms with Gasteiger partial charge in [-0.1, -0.05) is 12.1 Å². The minimum Gasteiger partial charge on any atom is -0.372 e. The first-order chi connectivity index (χ1) is 12.8. The highest BCUT2D eigenvalue weighted by molar-refractivity contribution is 5.81. The fourth-order valence-corrected chi connectivity index (χ4v) is 2.49. The van der Waals surface area contributed by atoms with Crippen molar-refractivity contribution in [2.24, 2.45) is 5.10 Å². The number of hydrazone groups is 1. The Morgan fingerprint density at radius 2 is 1.78 bits per heavy atom. The molecule has 27 heavy (non-hydrogen) atoms. The van der Waals surface area contributed by atoms with Crippen molar-refractivity contribution in [1.29, 1.82) is 0 Å². The number of hydrogen-bond donors (Lipinski definition) is 1. The van der Waals surface area contributed by atoms with Gasteiger partial charge in [-0.3, -0.25) is 15.5 Å². The number of nitrogens with one attached hydrogen (secondary N) is 1. The molecule has 0 radical (unpaired) electrons. The average molecular weight is 380 g/mol. The van der Waals surface area contributed by atoms with Crippen LogP contribution in [0.25, 0.3) is 0 Å². The summed E-state index contributed by atoms with van der Waals surface area (Å²) in [6.45, 7) is 5.87. The van der Waals surface area contributed by atoms with Crippen LogP contribution in [0.5, 0.6) is 0 Å². The number of rotatable bonds is 7. The normalized spacial score (nSPS) is 11.6. The maximum Gasteiger partial charge on any atom is 0.416 e. The molecule has 9 heteroatoms. The summed E-state index contributed by atoms with van der Waals surface area (Å²) in [5.74, 6) is 0. The van der Waals surface area contributed by atoms with Crippen LogP contribution in [0.2, 0.25) is 0 Å². The summed E-state index contributed by atoms with van der Waals surface area (Å²) in [5.41, 5.74) is 2.33. The third kappa shape index (κ3) is 5.19. The molecule has 0 aromatic heterocycles. The van der Waals surface area contributed by atoms with E-state index in [9.17, 15) is 23.3 Å². The SMILES string of the molecule is CCN(CC)c1ccc(/C=N\Nc2ccc(C(F)(F)F)cc2[N+](=O)[O-])cc1. The molecule has 0 fully saturated rings. The van der Waals surface area contributed by atoms with Crippen molar-refractivity contribution in [3.05, 3.63) is 63.7 Å². The average Bonchev–Trinajstić information content (AvgIpc) is 2.63. The van der Waals surface area contributed by atoms with Gasteiger partial charge in [-0.15, -0.1) is 0 Å². The molecule has 6 nitrogen and oxygen atoms in total. The summed E-state index contributed by atoms with van der Waals surface area (Å²) in [4.78, 5) is 12.3. The summed E-state index contributed by atoms with van der Waals surface area (Å²) in [5, 5.41) is 14.9. The molecule has 0 amide bonds. The van der Waals surface area contributed by atoms with Crippen LogP contribution < -0.4 is 10.3 Å². The zero-order chi connectivity index (χ0) is 20.0. The number of anilines is 2. The Labute approximate surface area is 154 Å². The number of halogens is 3. The first-order valence-corrected chi connectivity index (χ1v) is 8.26. The largest absolute Gasteiger partial charge is 0.416 e. The molecule has 0 saturated carbocycles. The van der Waals surface area contributed by atoms with Gasteiger partial charge in [0.15, 0.2) is 0 Å². The van der Waals surface area contributed by atoms with E-state index in [-0.39, 0.29) is 5.69 Å². The highest BCUT2D eigenvalue weighted by Crippen LogP contribution is 2.34. The third-order valence-electron chi connectivity index (χ3n) is 3.94. The van der Waals surface area contributed by atoms with Crippen molar-refractivity contribution in [1.82, 2.24) is 0 Å². The van der Waals surface area contributed by atoms with Gasteiger partial charge < -0.3 is 4.90 Å². The van der Waals surface area contributed by atoms with Crippen molar-refractivity contribution in [3.8, 4) is 0 Å². The summed E-state index contributed by atoms with van der Waals surface area (Å²) in [6, 6.07) is 9.76. The lowest BCUT2D eigenvalue weighted by Gasteiger charge is -2.20. The smallest absolute Gasteiger partial charge is 0.372 e. The molecule has 0 heterocycles. The molecule has 1 N–H and O–H groups in total. The van der Waals surface area contributed by atoms with Crippen molar-refractivity contribution in [3.63, 3.8) is 0 Å². The highest BCUT2D eigenvalue weighted by Gasteiger charge is 2.33. The number of alkyl halides is 3. The lowest BCUT2D eigenvalue weighted by atomic mass is 10.1. The van der Waals surface area contributed by atoms with E-state index in [2.05, 4.69) is 29.3 Å². The van der Waals surface area contributed by atoms with Gasteiger partial charge in [-0.25, -0.2) is 0 Å². The fraction of sp³-hybridized carbons (Fsp3) is 0.278. The van der Waals surface area contributed by atoms with Crippen molar-refractivity contribution < 1.29 is 18.1 Å². The van der Waals surface area contributed by atoms with Gasteiger partial charge in [0, 0.05) is 24.8 Å². The van der Waals surface area contributed by atoms with E-state index in [1.54, 1.807) is 0 Å². The molecule has 0 bridgehead atoms. The molecular formula is C18H19F3N4O2. The minimum atomic E-state index is -4.65. The van der Waals surface area contributed by atoms with E-state index in [4.69, 9.17) is 0 Å². The van der Waals surface area contributed by atoms with E-state index >= 15 is 0 Å². The number of nitrogens with zero attached hydrogens (tertiary/aromatic N) is 3. The number of benzene rings is 2. The molecule has 2 aromatic carbocycles. The van der Waals surface area contributed by atoms with Crippen LogP contribution >= 0.6 is 0 Å². The van der Waals surface area contributed by atoms with Gasteiger partial charge in [0.2, 0.25) is 0 Å². The van der Waals surface area contributed by atoms with Gasteiger partial charge in [-0.05, 0) is 43.7 Å². The quantitative estimate of drug-likeness (QED) is 0.421. The highest BCUT2D eigenvalue weighted by atomic mass is 19.4. The van der Waals surface area contributed by atoms with Crippen LogP contribution in [-0.2, 0) is 6.18 Å². The molecule has 2 aromatic rings. The molecule has 0 saturated heterocycles. The third-order valence-corrected chi connectivity index (χ3v) is 3.94. The molecule has 144 valence electrons. The van der Waals surface area contributed by atoms with Crippen molar-refractivity contribution >= 4 is 23.3 Å². The molecular weight excluding hydrogens is 361 g/mol. The second kappa shape index (κ2) is 8.52. The van der Waals surface area contributed by atoms with Gasteiger partial charge in [0.05, 0.1) is 16.7 Å². The van der Waals surface area contributed by atoms with Crippen LogP contribution in [0.1, 0.15) is 25.0 Å². The summed E-state index contributed by atoms with van der Waals surface area (Å²) in [6.07, 6.45) is -3.22. The van der Waals surface area contributed by atoms with Gasteiger partial charge >= 0.3 is 6.18 Å². The molecule has 0 unspecified atom stereocenters. The zero-order valence-corrected chi connectivity index (χ0v) is 14.8. The maximum atomic E-state index is 12.7. The molecule has 0 aliphatic carbocycles. The Morgan fingerprint density at radius 3 is 2.30 bits per heavy atom. The van der Waals surface area contributed by atoms with E-state index < -0.39 is 22.4 Å². The molecule has 0 aliphatic rings. The van der Waals surface area contributed by atoms with Crippen LogP contribution in [0.4, 0.5) is 30.2 Å². The molecule has 0 atom stereocenters. The van der Waals surface area contributed by atoms with Crippen LogP contribution in [0, 0.1) is 10.1 Å². The maximum absolute atomic E-state index is 12.7. The Kier molecular flexibility index (Phi) is 6.38. The van der Waals surface area contributed by atoms with Crippen LogP contribution in [0.15, 0.2) is 47.6 Å². The van der Waals surface area contributed by atoms with E-state index in [0.29, 0.717) is 6.07 Å². The summed E-state index contributed by atoms with van der Waals surface area (Å²) >= 11 is 0. The second-order valence-electron chi connectivity index (χ2n) is 5.62. The summed E-state index contributed by atoms with van der Waals surface area (Å²) < 4.78 is 38.1. The topological polar surface area (TPSA) is 70.8 Å². The molecule has 0 aliphatic heterocycles. The number of hydrogen-bond acceptors (Lipinski definition) is 5. The Morgan fingerprint density at radius 1 is 1.15 bits per heavy atom. The monoisotopic (exact) mass is 380 g/mol. The second-order valence-corrected chi connectivity index (χ2v) is 5.62. The van der Waals surface area contributed by atoms with Gasteiger partial charge in [0.1, 0.15) is 5.69 Å². The number of nitro groups is 1. The zero-order valence-electron chi connectivity index (χ0n) is 14.8. The summed E-state index contributed by atoms with van der Waals surface area (Å²) in [7, 11) is 0. The fourth-order valence-electron chi connectivity index (χ4n) is 2.49. The molecule has 2 rings (SSSR count). The van der Waals surface area contributed by atoms with E-state index in [1.165, 1.54) is 6.21 Å². The standard InChI is InChI=1S/C18H19F3N4O2/c1-3-24(4-2)15-8-5-13(6-9-15)12-22-23-16-10-7-14(18(19,20)21)11-17(16)25(26)27/h5-12,23H,3-4H2,1-2H3/b22-12-. The van der Waals surface area contributed by atoms with Crippen molar-refractivity contribution in [2.45, 2.75) is 20.0 Å². The van der Waals surface area contributed by atoms with Crippen molar-refractivity contribution in [2.75, 3.05) is 23.4 Å². The lowest BCUT2D eigenvalue weighted by Crippen LogP contribution is -2.21. The Bertz CT molecular complexity index is 816. The van der Waals surface area contributed by atoms with E-state index in [0.717, 1.165) is 36.5 Å². The van der Waals surface area contributed by atoms with Gasteiger partial charge in [0.25, 0.3) is 5.69 Å². The Hall–Kier alpha value is -3.10. The predicted molar refractivity (Wildman–Crippen MR) is 99.3 cm³/mol. The molecule has 0 spiro atoms.